The Hall–Kier alpha value is -2.80. The number of halogens is 2. The van der Waals surface area contributed by atoms with Crippen LogP contribution >= 0.6 is 15.9 Å². The highest BCUT2D eigenvalue weighted by molar-refractivity contribution is 9.10. The van der Waals surface area contributed by atoms with Gasteiger partial charge in [-0.2, -0.15) is 5.10 Å². The number of amides is 1. The number of nitrogens with one attached hydrogen (secondary N) is 1. The Bertz CT molecular complexity index is 1030. The molecule has 0 unspecified atom stereocenters. The van der Waals surface area contributed by atoms with Crippen LogP contribution in [0.25, 0.3) is 11.3 Å². The van der Waals surface area contributed by atoms with Gasteiger partial charge in [0.05, 0.1) is 5.69 Å². The van der Waals surface area contributed by atoms with E-state index in [1.54, 1.807) is 44.2 Å². The van der Waals surface area contributed by atoms with Crippen LogP contribution < -0.4 is 10.9 Å². The molecule has 0 aliphatic carbocycles. The van der Waals surface area contributed by atoms with Crippen LogP contribution in [0.2, 0.25) is 0 Å². The summed E-state index contributed by atoms with van der Waals surface area (Å²) in [5, 5.41) is 7.13. The summed E-state index contributed by atoms with van der Waals surface area (Å²) in [6.07, 6.45) is 0. The lowest BCUT2D eigenvalue weighted by Gasteiger charge is -2.25. The van der Waals surface area contributed by atoms with Gasteiger partial charge in [-0.3, -0.25) is 9.59 Å². The van der Waals surface area contributed by atoms with Crippen molar-refractivity contribution < 1.29 is 9.18 Å². The van der Waals surface area contributed by atoms with E-state index in [-0.39, 0.29) is 11.7 Å². The van der Waals surface area contributed by atoms with Crippen molar-refractivity contribution in [2.24, 2.45) is 0 Å². The molecule has 0 radical (unpaired) electrons. The molecule has 2 aromatic carbocycles. The van der Waals surface area contributed by atoms with Gasteiger partial charge in [0.1, 0.15) is 11.4 Å². The Labute approximate surface area is 164 Å². The van der Waals surface area contributed by atoms with E-state index in [0.717, 1.165) is 9.15 Å². The number of carbonyl (C=O) groups excluding carboxylic acids is 1. The lowest BCUT2D eigenvalue weighted by molar-refractivity contribution is -0.123. The maximum atomic E-state index is 13.1. The molecule has 3 aromatic rings. The van der Waals surface area contributed by atoms with Crippen LogP contribution in [0.3, 0.4) is 0 Å². The normalized spacial score (nSPS) is 11.3. The van der Waals surface area contributed by atoms with Gasteiger partial charge in [-0.1, -0.05) is 15.9 Å². The van der Waals surface area contributed by atoms with Crippen molar-refractivity contribution >= 4 is 27.5 Å². The Morgan fingerprint density at radius 2 is 1.67 bits per heavy atom. The molecule has 138 valence electrons. The van der Waals surface area contributed by atoms with Crippen LogP contribution in [0.4, 0.5) is 10.1 Å². The van der Waals surface area contributed by atoms with E-state index in [1.165, 1.54) is 18.2 Å². The number of aromatic nitrogens is 2. The highest BCUT2D eigenvalue weighted by Crippen LogP contribution is 2.21. The van der Waals surface area contributed by atoms with E-state index in [1.807, 2.05) is 12.1 Å². The number of benzene rings is 2. The van der Waals surface area contributed by atoms with Crippen molar-refractivity contribution in [3.05, 3.63) is 81.3 Å². The first-order chi connectivity index (χ1) is 12.8. The molecule has 1 aromatic heterocycles. The second kappa shape index (κ2) is 7.44. The molecule has 0 saturated heterocycles. The van der Waals surface area contributed by atoms with E-state index in [2.05, 4.69) is 26.3 Å². The van der Waals surface area contributed by atoms with Crippen LogP contribution in [0.1, 0.15) is 13.8 Å². The van der Waals surface area contributed by atoms with Crippen molar-refractivity contribution in [2.45, 2.75) is 19.4 Å². The summed E-state index contributed by atoms with van der Waals surface area (Å²) >= 11 is 3.34. The zero-order valence-electron chi connectivity index (χ0n) is 14.7. The summed E-state index contributed by atoms with van der Waals surface area (Å²) < 4.78 is 15.2. The number of nitrogens with zero attached hydrogens (tertiary/aromatic N) is 2. The minimum atomic E-state index is -1.24. The van der Waals surface area contributed by atoms with Gasteiger partial charge in [-0.25, -0.2) is 9.07 Å². The first-order valence-electron chi connectivity index (χ1n) is 8.21. The Balaban J connectivity index is 1.94. The van der Waals surface area contributed by atoms with Gasteiger partial charge in [0.2, 0.25) is 0 Å². The molecule has 27 heavy (non-hydrogen) atoms. The smallest absolute Gasteiger partial charge is 0.267 e. The van der Waals surface area contributed by atoms with Crippen LogP contribution in [0, 0.1) is 5.82 Å². The van der Waals surface area contributed by atoms with Gasteiger partial charge in [-0.15, -0.1) is 0 Å². The van der Waals surface area contributed by atoms with Crippen LogP contribution in [-0.4, -0.2) is 15.7 Å². The maximum Gasteiger partial charge on any atom is 0.267 e. The lowest BCUT2D eigenvalue weighted by Crippen LogP contribution is -2.47. The zero-order chi connectivity index (χ0) is 19.6. The van der Waals surface area contributed by atoms with Crippen LogP contribution in [0.15, 0.2) is 69.9 Å². The van der Waals surface area contributed by atoms with Gasteiger partial charge >= 0.3 is 0 Å². The second-order valence-electron chi connectivity index (χ2n) is 6.50. The third kappa shape index (κ3) is 4.14. The molecule has 0 fully saturated rings. The van der Waals surface area contributed by atoms with E-state index in [9.17, 15) is 14.0 Å². The average Bonchev–Trinajstić information content (AvgIpc) is 2.64. The summed E-state index contributed by atoms with van der Waals surface area (Å²) in [5.74, 6) is -0.739. The van der Waals surface area contributed by atoms with E-state index >= 15 is 0 Å². The molecule has 0 aliphatic heterocycles. The van der Waals surface area contributed by atoms with Gasteiger partial charge in [0, 0.05) is 21.8 Å². The molecule has 0 aliphatic rings. The standard InChI is InChI=1S/C20H17BrFN3O2/c1-20(2,19(27)23-16-9-5-14(21)6-10-16)25-18(26)12-11-17(24-25)13-3-7-15(22)8-4-13/h3-12H,1-2H3,(H,23,27). The number of anilines is 1. The van der Waals surface area contributed by atoms with Gasteiger partial charge in [0.15, 0.2) is 0 Å². The average molecular weight is 430 g/mol. The zero-order valence-corrected chi connectivity index (χ0v) is 16.3. The number of hydrogen-bond donors (Lipinski definition) is 1. The fourth-order valence-corrected chi connectivity index (χ4v) is 2.76. The maximum absolute atomic E-state index is 13.1. The lowest BCUT2D eigenvalue weighted by atomic mass is 10.0. The van der Waals surface area contributed by atoms with Gasteiger partial charge in [0.25, 0.3) is 11.5 Å². The van der Waals surface area contributed by atoms with Crippen LogP contribution in [-0.2, 0) is 10.3 Å². The van der Waals surface area contributed by atoms with E-state index < -0.39 is 11.1 Å². The quantitative estimate of drug-likeness (QED) is 0.676. The summed E-state index contributed by atoms with van der Waals surface area (Å²) in [5.41, 5.74) is 0.0874. The highest BCUT2D eigenvalue weighted by atomic mass is 79.9. The van der Waals surface area contributed by atoms with Crippen molar-refractivity contribution in [1.82, 2.24) is 9.78 Å². The monoisotopic (exact) mass is 429 g/mol. The predicted molar refractivity (Wildman–Crippen MR) is 106 cm³/mol. The topological polar surface area (TPSA) is 64.0 Å². The number of hydrogen-bond acceptors (Lipinski definition) is 3. The molecule has 0 saturated carbocycles. The highest BCUT2D eigenvalue weighted by Gasteiger charge is 2.32. The number of carbonyl (C=O) groups is 1. The number of rotatable bonds is 4. The molecule has 0 bridgehead atoms. The molecule has 7 heteroatoms. The molecular weight excluding hydrogens is 413 g/mol. The summed E-state index contributed by atoms with van der Waals surface area (Å²) in [6.45, 7) is 3.23. The SMILES string of the molecule is CC(C)(C(=O)Nc1ccc(Br)cc1)n1nc(-c2ccc(F)cc2)ccc1=O. The molecule has 1 amide bonds. The Kier molecular flexibility index (Phi) is 5.23. The molecule has 3 rings (SSSR count). The third-order valence-electron chi connectivity index (χ3n) is 4.13. The summed E-state index contributed by atoms with van der Waals surface area (Å²) in [6, 6.07) is 15.8. The fraction of sp³-hybridized carbons (Fsp3) is 0.150. The minimum absolute atomic E-state index is 0.360. The molecule has 5 nitrogen and oxygen atoms in total. The molecule has 0 atom stereocenters. The first kappa shape index (κ1) is 19.0. The van der Waals surface area contributed by atoms with E-state index in [0.29, 0.717) is 16.9 Å². The third-order valence-corrected chi connectivity index (χ3v) is 4.66. The predicted octanol–water partition coefficient (Wildman–Crippen LogP) is 4.19. The van der Waals surface area contributed by atoms with Crippen LogP contribution in [0.5, 0.6) is 0 Å². The Morgan fingerprint density at radius 1 is 1.04 bits per heavy atom. The van der Waals surface area contributed by atoms with Crippen molar-refractivity contribution in [2.75, 3.05) is 5.32 Å². The van der Waals surface area contributed by atoms with Gasteiger partial charge in [-0.05, 0) is 68.4 Å². The van der Waals surface area contributed by atoms with E-state index in [4.69, 9.17) is 0 Å². The molecule has 1 heterocycles. The van der Waals surface area contributed by atoms with Crippen molar-refractivity contribution in [1.29, 1.82) is 0 Å². The van der Waals surface area contributed by atoms with Crippen molar-refractivity contribution in [3.8, 4) is 11.3 Å². The molecule has 1 N–H and O–H groups in total. The largest absolute Gasteiger partial charge is 0.324 e. The molecular formula is C20H17BrFN3O2. The summed E-state index contributed by atoms with van der Waals surface area (Å²) in [7, 11) is 0. The second-order valence-corrected chi connectivity index (χ2v) is 7.41. The Morgan fingerprint density at radius 3 is 2.30 bits per heavy atom. The minimum Gasteiger partial charge on any atom is -0.324 e. The van der Waals surface area contributed by atoms with Crippen molar-refractivity contribution in [3.63, 3.8) is 0 Å². The molecule has 0 spiro atoms. The van der Waals surface area contributed by atoms with Gasteiger partial charge < -0.3 is 5.32 Å². The first-order valence-corrected chi connectivity index (χ1v) is 9.00. The fourth-order valence-electron chi connectivity index (χ4n) is 2.50. The summed E-state index contributed by atoms with van der Waals surface area (Å²) in [4.78, 5) is 25.2.